The number of carbonyl (C=O) groups is 1. The zero-order chi connectivity index (χ0) is 18.0. The van der Waals surface area contributed by atoms with Gasteiger partial charge in [-0.25, -0.2) is 0 Å². The minimum absolute atomic E-state index is 0.0189. The van der Waals surface area contributed by atoms with Gasteiger partial charge in [-0.2, -0.15) is 0 Å². The molecule has 1 aliphatic rings. The fourth-order valence-corrected chi connectivity index (χ4v) is 3.11. The number of rotatable bonds is 14. The molecule has 0 radical (unpaired) electrons. The number of ether oxygens (including phenoxy) is 1. The molecule has 1 rings (SSSR count). The van der Waals surface area contributed by atoms with Crippen LogP contribution in [0.3, 0.4) is 0 Å². The minimum atomic E-state index is 0.0189. The SMILES string of the molecule is CCCCC=CC=CC=CCCCCCCCC(=O)OC1CCCC1. The molecular formula is C23H38O2. The van der Waals surface area contributed by atoms with Gasteiger partial charge >= 0.3 is 5.97 Å². The summed E-state index contributed by atoms with van der Waals surface area (Å²) in [5, 5.41) is 0. The molecule has 2 heteroatoms. The molecule has 0 aromatic carbocycles. The van der Waals surface area contributed by atoms with Gasteiger partial charge in [-0.1, -0.05) is 75.5 Å². The van der Waals surface area contributed by atoms with Crippen LogP contribution in [0.15, 0.2) is 36.5 Å². The van der Waals surface area contributed by atoms with E-state index >= 15 is 0 Å². The van der Waals surface area contributed by atoms with Crippen molar-refractivity contribution in [2.24, 2.45) is 0 Å². The number of esters is 1. The smallest absolute Gasteiger partial charge is 0.306 e. The summed E-state index contributed by atoms with van der Waals surface area (Å²) in [7, 11) is 0. The van der Waals surface area contributed by atoms with Gasteiger partial charge in [-0.15, -0.1) is 0 Å². The molecule has 0 aromatic rings. The van der Waals surface area contributed by atoms with Gasteiger partial charge in [-0.05, 0) is 51.4 Å². The summed E-state index contributed by atoms with van der Waals surface area (Å²) >= 11 is 0. The molecular weight excluding hydrogens is 308 g/mol. The van der Waals surface area contributed by atoms with E-state index in [2.05, 4.69) is 43.4 Å². The van der Waals surface area contributed by atoms with Crippen LogP contribution in [0.4, 0.5) is 0 Å². The maximum absolute atomic E-state index is 11.7. The van der Waals surface area contributed by atoms with Crippen LogP contribution in [0.25, 0.3) is 0 Å². The van der Waals surface area contributed by atoms with Crippen molar-refractivity contribution in [1.29, 1.82) is 0 Å². The first-order valence-electron chi connectivity index (χ1n) is 10.5. The van der Waals surface area contributed by atoms with E-state index in [0.29, 0.717) is 6.42 Å². The number of carbonyl (C=O) groups excluding carboxylic acids is 1. The van der Waals surface area contributed by atoms with Crippen molar-refractivity contribution in [2.75, 3.05) is 0 Å². The lowest BCUT2D eigenvalue weighted by atomic mass is 10.1. The summed E-state index contributed by atoms with van der Waals surface area (Å²) in [6.45, 7) is 2.22. The maximum Gasteiger partial charge on any atom is 0.306 e. The summed E-state index contributed by atoms with van der Waals surface area (Å²) < 4.78 is 5.47. The molecule has 0 aliphatic heterocycles. The van der Waals surface area contributed by atoms with E-state index in [4.69, 9.17) is 4.74 Å². The van der Waals surface area contributed by atoms with Gasteiger partial charge in [-0.3, -0.25) is 4.79 Å². The normalized spacial score (nSPS) is 15.9. The zero-order valence-electron chi connectivity index (χ0n) is 16.3. The lowest BCUT2D eigenvalue weighted by Crippen LogP contribution is -2.14. The second-order valence-corrected chi connectivity index (χ2v) is 7.09. The van der Waals surface area contributed by atoms with Crippen molar-refractivity contribution in [3.63, 3.8) is 0 Å². The predicted molar refractivity (Wildman–Crippen MR) is 108 cm³/mol. The minimum Gasteiger partial charge on any atom is -0.462 e. The highest BCUT2D eigenvalue weighted by Gasteiger charge is 2.18. The monoisotopic (exact) mass is 346 g/mol. The molecule has 0 bridgehead atoms. The first-order chi connectivity index (χ1) is 12.3. The van der Waals surface area contributed by atoms with Crippen LogP contribution in [0.2, 0.25) is 0 Å². The van der Waals surface area contributed by atoms with Crippen molar-refractivity contribution in [1.82, 2.24) is 0 Å². The van der Waals surface area contributed by atoms with E-state index in [9.17, 15) is 4.79 Å². The quantitative estimate of drug-likeness (QED) is 0.191. The van der Waals surface area contributed by atoms with E-state index < -0.39 is 0 Å². The molecule has 0 amide bonds. The van der Waals surface area contributed by atoms with Crippen molar-refractivity contribution >= 4 is 5.97 Å². The lowest BCUT2D eigenvalue weighted by molar-refractivity contribution is -0.148. The number of allylic oxidation sites excluding steroid dienone is 6. The highest BCUT2D eigenvalue weighted by molar-refractivity contribution is 5.69. The van der Waals surface area contributed by atoms with Gasteiger partial charge < -0.3 is 4.74 Å². The highest BCUT2D eigenvalue weighted by atomic mass is 16.5. The van der Waals surface area contributed by atoms with Crippen LogP contribution in [-0.4, -0.2) is 12.1 Å². The topological polar surface area (TPSA) is 26.3 Å². The first-order valence-corrected chi connectivity index (χ1v) is 10.5. The molecule has 0 aromatic heterocycles. The molecule has 0 atom stereocenters. The third kappa shape index (κ3) is 13.6. The molecule has 0 saturated heterocycles. The summed E-state index contributed by atoms with van der Waals surface area (Å²) in [6.07, 6.45) is 29.1. The zero-order valence-corrected chi connectivity index (χ0v) is 16.3. The van der Waals surface area contributed by atoms with Gasteiger partial charge in [0.25, 0.3) is 0 Å². The second kappa shape index (κ2) is 16.2. The number of hydrogen-bond acceptors (Lipinski definition) is 2. The molecule has 0 N–H and O–H groups in total. The van der Waals surface area contributed by atoms with Crippen molar-refractivity contribution in [2.45, 2.75) is 103 Å². The maximum atomic E-state index is 11.7. The molecule has 1 aliphatic carbocycles. The second-order valence-electron chi connectivity index (χ2n) is 7.09. The first kappa shape index (κ1) is 21.7. The molecule has 1 saturated carbocycles. The third-order valence-corrected chi connectivity index (χ3v) is 4.68. The fraction of sp³-hybridized carbons (Fsp3) is 0.696. The van der Waals surface area contributed by atoms with E-state index in [1.807, 2.05) is 0 Å². The van der Waals surface area contributed by atoms with Crippen molar-refractivity contribution in [3.05, 3.63) is 36.5 Å². The average molecular weight is 347 g/mol. The Morgan fingerprint density at radius 2 is 1.44 bits per heavy atom. The van der Waals surface area contributed by atoms with Gasteiger partial charge in [0.15, 0.2) is 0 Å². The molecule has 0 unspecified atom stereocenters. The third-order valence-electron chi connectivity index (χ3n) is 4.68. The highest BCUT2D eigenvalue weighted by Crippen LogP contribution is 2.21. The van der Waals surface area contributed by atoms with E-state index in [-0.39, 0.29) is 12.1 Å². The fourth-order valence-electron chi connectivity index (χ4n) is 3.11. The van der Waals surface area contributed by atoms with Gasteiger partial charge in [0.2, 0.25) is 0 Å². The summed E-state index contributed by atoms with van der Waals surface area (Å²) in [6, 6.07) is 0. The van der Waals surface area contributed by atoms with Crippen LogP contribution >= 0.6 is 0 Å². The summed E-state index contributed by atoms with van der Waals surface area (Å²) in [5.74, 6) is 0.0189. The predicted octanol–water partition coefficient (Wildman–Crippen LogP) is 7.06. The van der Waals surface area contributed by atoms with Gasteiger partial charge in [0, 0.05) is 6.42 Å². The van der Waals surface area contributed by atoms with Crippen LogP contribution < -0.4 is 0 Å². The van der Waals surface area contributed by atoms with Crippen molar-refractivity contribution in [3.8, 4) is 0 Å². The molecule has 2 nitrogen and oxygen atoms in total. The Morgan fingerprint density at radius 3 is 2.12 bits per heavy atom. The van der Waals surface area contributed by atoms with Crippen LogP contribution in [-0.2, 0) is 9.53 Å². The number of unbranched alkanes of at least 4 members (excludes halogenated alkanes) is 7. The Hall–Kier alpha value is -1.31. The van der Waals surface area contributed by atoms with Crippen LogP contribution in [0.5, 0.6) is 0 Å². The largest absolute Gasteiger partial charge is 0.462 e. The molecule has 1 fully saturated rings. The Balaban J connectivity index is 1.84. The standard InChI is InChI=1S/C23H38O2/c1-2-3-4-5-6-7-8-9-10-11-12-13-14-15-16-21-23(24)25-22-19-17-18-20-22/h5-10,22H,2-4,11-21H2,1H3. The van der Waals surface area contributed by atoms with Crippen LogP contribution in [0, 0.1) is 0 Å². The van der Waals surface area contributed by atoms with E-state index in [1.54, 1.807) is 0 Å². The molecule has 142 valence electrons. The Morgan fingerprint density at radius 1 is 0.840 bits per heavy atom. The Kier molecular flexibility index (Phi) is 14.1. The van der Waals surface area contributed by atoms with Crippen LogP contribution in [0.1, 0.15) is 96.8 Å². The number of hydrogen-bond donors (Lipinski definition) is 0. The molecule has 0 heterocycles. The van der Waals surface area contributed by atoms with Gasteiger partial charge in [0.1, 0.15) is 6.10 Å². The average Bonchev–Trinajstić information content (AvgIpc) is 3.11. The lowest BCUT2D eigenvalue weighted by Gasteiger charge is -2.10. The molecule has 0 spiro atoms. The van der Waals surface area contributed by atoms with Crippen molar-refractivity contribution < 1.29 is 9.53 Å². The molecule has 25 heavy (non-hydrogen) atoms. The van der Waals surface area contributed by atoms with E-state index in [1.165, 1.54) is 51.4 Å². The Bertz CT molecular complexity index is 400. The summed E-state index contributed by atoms with van der Waals surface area (Å²) in [5.41, 5.74) is 0. The Labute approximate surface area is 155 Å². The van der Waals surface area contributed by atoms with E-state index in [0.717, 1.165) is 32.1 Å². The summed E-state index contributed by atoms with van der Waals surface area (Å²) in [4.78, 5) is 11.7. The van der Waals surface area contributed by atoms with Gasteiger partial charge in [0.05, 0.1) is 0 Å².